The number of nitrogens with zero attached hydrogens (tertiary/aromatic N) is 2. The number of carboxylic acid groups (broad SMARTS) is 1. The molecule has 58 heavy (non-hydrogen) atoms. The highest BCUT2D eigenvalue weighted by molar-refractivity contribution is 6.00. The van der Waals surface area contributed by atoms with Gasteiger partial charge in [0.15, 0.2) is 5.78 Å². The third-order valence-corrected chi connectivity index (χ3v) is 18.5. The van der Waals surface area contributed by atoms with Crippen LogP contribution in [0.3, 0.4) is 0 Å². The Morgan fingerprint density at radius 1 is 0.879 bits per heavy atom. The summed E-state index contributed by atoms with van der Waals surface area (Å²) in [6.45, 7) is 24.2. The van der Waals surface area contributed by atoms with Crippen LogP contribution in [0.5, 0.6) is 0 Å². The number of esters is 1. The van der Waals surface area contributed by atoms with Gasteiger partial charge in [0.25, 0.3) is 0 Å². The number of carbonyl (C=O) groups is 3. The van der Waals surface area contributed by atoms with Crippen LogP contribution in [-0.2, 0) is 25.7 Å². The van der Waals surface area contributed by atoms with Crippen molar-refractivity contribution in [1.82, 2.24) is 15.5 Å². The van der Waals surface area contributed by atoms with Crippen LogP contribution in [0.4, 0.5) is 0 Å². The van der Waals surface area contributed by atoms with Gasteiger partial charge in [-0.2, -0.15) is 0 Å². The maximum atomic E-state index is 14.1. The fourth-order valence-electron chi connectivity index (χ4n) is 14.9. The van der Waals surface area contributed by atoms with E-state index in [1.807, 2.05) is 26.0 Å². The number of carbonyl (C=O) groups excluding carboxylic acids is 2. The molecular formula is C49H69N3O6. The molecule has 6 aliphatic rings. The number of hydrogen-bond donors (Lipinski definition) is 2. The molecule has 2 N–H and O–H groups in total. The zero-order valence-electron chi connectivity index (χ0n) is 36.9. The monoisotopic (exact) mass is 796 g/mol. The van der Waals surface area contributed by atoms with Crippen LogP contribution in [0.15, 0.2) is 39.8 Å². The highest BCUT2D eigenvalue weighted by atomic mass is 16.5. The van der Waals surface area contributed by atoms with Crippen molar-refractivity contribution >= 4 is 17.7 Å². The third kappa shape index (κ3) is 6.11. The number of aliphatic carboxylic acids is 1. The minimum absolute atomic E-state index is 0.0682. The Morgan fingerprint density at radius 3 is 2.24 bits per heavy atom. The average Bonchev–Trinajstić information content (AvgIpc) is 3.71. The summed E-state index contributed by atoms with van der Waals surface area (Å²) < 4.78 is 12.0. The first-order chi connectivity index (χ1) is 27.2. The molecule has 0 saturated heterocycles. The van der Waals surface area contributed by atoms with Gasteiger partial charge in [0.2, 0.25) is 11.8 Å². The lowest BCUT2D eigenvalue weighted by atomic mass is 9.33. The highest BCUT2D eigenvalue weighted by Gasteiger charge is 2.70. The van der Waals surface area contributed by atoms with Gasteiger partial charge in [-0.05, 0) is 139 Å². The number of carboxylic acids is 1. The van der Waals surface area contributed by atoms with E-state index in [0.717, 1.165) is 75.6 Å². The van der Waals surface area contributed by atoms with E-state index in [-0.39, 0.29) is 51.0 Å². The summed E-state index contributed by atoms with van der Waals surface area (Å²) in [6.07, 6.45) is 10.5. The minimum Gasteiger partial charge on any atom is -0.481 e. The molecule has 6 aliphatic carbocycles. The number of nitrogens with one attached hydrogen (secondary N) is 1. The first kappa shape index (κ1) is 41.4. The predicted molar refractivity (Wildman–Crippen MR) is 223 cm³/mol. The molecule has 316 valence electrons. The molecule has 0 bridgehead atoms. The summed E-state index contributed by atoms with van der Waals surface area (Å²) in [5.74, 6) is 1.22. The lowest BCUT2D eigenvalue weighted by Gasteiger charge is -2.72. The number of allylic oxidation sites excluding steroid dienone is 2. The minimum atomic E-state index is -0.819. The van der Waals surface area contributed by atoms with E-state index in [1.54, 1.807) is 6.92 Å². The second-order valence-electron chi connectivity index (χ2n) is 22.0. The molecule has 1 aromatic heterocycles. The van der Waals surface area contributed by atoms with Gasteiger partial charge in [0, 0.05) is 36.3 Å². The van der Waals surface area contributed by atoms with Crippen LogP contribution in [-0.4, -0.2) is 45.7 Å². The van der Waals surface area contributed by atoms with Crippen LogP contribution in [0.2, 0.25) is 0 Å². The number of aryl methyl sites for hydroxylation is 1. The number of aromatic nitrogens is 2. The molecule has 0 unspecified atom stereocenters. The fourth-order valence-corrected chi connectivity index (χ4v) is 14.9. The quantitative estimate of drug-likeness (QED) is 0.178. The van der Waals surface area contributed by atoms with Crippen molar-refractivity contribution in [3.63, 3.8) is 0 Å². The van der Waals surface area contributed by atoms with Crippen LogP contribution in [0.25, 0.3) is 11.5 Å². The van der Waals surface area contributed by atoms with E-state index in [4.69, 9.17) is 9.15 Å². The highest BCUT2D eigenvalue weighted by Crippen LogP contribution is 2.77. The summed E-state index contributed by atoms with van der Waals surface area (Å²) in [6, 6.07) is 8.32. The summed E-state index contributed by atoms with van der Waals surface area (Å²) in [5.41, 5.74) is 4.33. The van der Waals surface area contributed by atoms with E-state index in [1.165, 1.54) is 17.6 Å². The molecule has 10 atom stereocenters. The Labute approximate surface area is 346 Å². The van der Waals surface area contributed by atoms with E-state index in [9.17, 15) is 19.5 Å². The van der Waals surface area contributed by atoms with E-state index < -0.39 is 17.3 Å². The zero-order valence-corrected chi connectivity index (χ0v) is 36.9. The summed E-state index contributed by atoms with van der Waals surface area (Å²) >= 11 is 0. The molecule has 1 heterocycles. The van der Waals surface area contributed by atoms with Crippen LogP contribution in [0.1, 0.15) is 144 Å². The number of ketones is 1. The van der Waals surface area contributed by atoms with Crippen molar-refractivity contribution in [3.05, 3.63) is 46.9 Å². The summed E-state index contributed by atoms with van der Waals surface area (Å²) in [7, 11) is 0. The largest absolute Gasteiger partial charge is 0.481 e. The molecule has 9 nitrogen and oxygen atoms in total. The van der Waals surface area contributed by atoms with Crippen molar-refractivity contribution in [2.45, 2.75) is 153 Å². The van der Waals surface area contributed by atoms with Gasteiger partial charge in [0.1, 0.15) is 6.10 Å². The van der Waals surface area contributed by atoms with Gasteiger partial charge in [0.05, 0.1) is 11.8 Å². The van der Waals surface area contributed by atoms with Crippen LogP contribution in [0, 0.1) is 74.9 Å². The molecule has 0 aliphatic heterocycles. The van der Waals surface area contributed by atoms with Crippen molar-refractivity contribution in [2.24, 2.45) is 68.0 Å². The second-order valence-corrected chi connectivity index (χ2v) is 22.0. The van der Waals surface area contributed by atoms with Gasteiger partial charge in [-0.3, -0.25) is 14.4 Å². The van der Waals surface area contributed by atoms with Crippen molar-refractivity contribution in [3.8, 4) is 11.5 Å². The third-order valence-electron chi connectivity index (χ3n) is 18.5. The van der Waals surface area contributed by atoms with Gasteiger partial charge in [-0.25, -0.2) is 0 Å². The number of hydrogen-bond acceptors (Lipinski definition) is 8. The normalized spacial score (nSPS) is 38.6. The Kier molecular flexibility index (Phi) is 10.1. The second kappa shape index (κ2) is 14.1. The van der Waals surface area contributed by atoms with E-state index in [2.05, 4.69) is 76.1 Å². The van der Waals surface area contributed by atoms with Gasteiger partial charge in [-0.1, -0.05) is 80.0 Å². The Bertz CT molecular complexity index is 2000. The standard InChI is InChI=1S/C49H69N3O6/c1-28(2)39-35(53)26-49(23-24-50-27-30-11-13-31(14-12-30)41-52-51-29(3)57-41)22-21-47(9)32(40(39)49)15-16-37-46(8)19-18-38(45(6,7)36(46)17-20-48(37,47)10)58-43(56)34-25-33(42(54)55)44(34,4)5/h11-14,28,32-34,36-38,50H,15-27H2,1-10H3,(H,54,55)/t32-,33+,34-,36+,37-,38+,46+,47-,48-,49-/m1/s1. The SMILES string of the molecule is Cc1nnc(-c2ccc(CNCC[C@@]34CC[C@]5(C)[C@H](CC[C@@H]6[C@@]7(C)CC[C@H](OC(=O)[C@H]8C[C@@H](C(=O)O)C8(C)C)C(C)(C)[C@@H]7CC[C@]65C)C3=C(C(C)C)C(=O)C4)cc2)o1. The van der Waals surface area contributed by atoms with Crippen molar-refractivity contribution in [2.75, 3.05) is 6.54 Å². The number of ether oxygens (including phenoxy) is 1. The maximum absolute atomic E-state index is 14.1. The van der Waals surface area contributed by atoms with Crippen LogP contribution >= 0.6 is 0 Å². The summed E-state index contributed by atoms with van der Waals surface area (Å²) in [5, 5.41) is 21.5. The topological polar surface area (TPSA) is 132 Å². The fraction of sp³-hybridized carbons (Fsp3) is 0.735. The molecule has 5 fully saturated rings. The Hall–Kier alpha value is -3.33. The molecule has 5 saturated carbocycles. The van der Waals surface area contributed by atoms with Gasteiger partial charge < -0.3 is 19.6 Å². The Morgan fingerprint density at radius 2 is 1.60 bits per heavy atom. The number of fused-ring (bicyclic) bond motifs is 7. The molecule has 1 aromatic carbocycles. The van der Waals surface area contributed by atoms with Gasteiger partial charge >= 0.3 is 11.9 Å². The zero-order chi connectivity index (χ0) is 41.8. The lowest BCUT2D eigenvalue weighted by Crippen LogP contribution is -2.66. The molecule has 2 aromatic rings. The smallest absolute Gasteiger partial charge is 0.309 e. The number of benzene rings is 1. The first-order valence-corrected chi connectivity index (χ1v) is 22.5. The number of Topliss-reactive ketones (excluding diaryl/α,β-unsaturated/α-hetero) is 1. The van der Waals surface area contributed by atoms with Crippen molar-refractivity contribution < 1.29 is 28.6 Å². The molecule has 8 rings (SSSR count). The molecular weight excluding hydrogens is 727 g/mol. The molecule has 9 heteroatoms. The molecule has 0 radical (unpaired) electrons. The van der Waals surface area contributed by atoms with E-state index >= 15 is 0 Å². The van der Waals surface area contributed by atoms with Crippen molar-refractivity contribution in [1.29, 1.82) is 0 Å². The molecule has 0 amide bonds. The van der Waals surface area contributed by atoms with Crippen LogP contribution < -0.4 is 5.32 Å². The predicted octanol–water partition coefficient (Wildman–Crippen LogP) is 10.2. The lowest BCUT2D eigenvalue weighted by molar-refractivity contribution is -0.236. The Balaban J connectivity index is 0.983. The first-order valence-electron chi connectivity index (χ1n) is 22.5. The molecule has 0 spiro atoms. The maximum Gasteiger partial charge on any atom is 0.309 e. The van der Waals surface area contributed by atoms with Gasteiger partial charge in [-0.15, -0.1) is 10.2 Å². The summed E-state index contributed by atoms with van der Waals surface area (Å²) in [4.78, 5) is 39.6. The average molecular weight is 796 g/mol. The number of rotatable bonds is 10. The van der Waals surface area contributed by atoms with E-state index in [0.29, 0.717) is 48.2 Å².